The van der Waals surface area contributed by atoms with Crippen molar-refractivity contribution in [2.75, 3.05) is 32.1 Å². The zero-order valence-corrected chi connectivity index (χ0v) is 23.9. The predicted molar refractivity (Wildman–Crippen MR) is 162 cm³/mol. The van der Waals surface area contributed by atoms with Gasteiger partial charge in [-0.05, 0) is 130 Å². The molecule has 208 valence electrons. The Hall–Kier alpha value is -2.98. The van der Waals surface area contributed by atoms with E-state index in [4.69, 9.17) is 4.74 Å². The number of aryl methyl sites for hydroxylation is 2. The third-order valence-electron chi connectivity index (χ3n) is 8.72. The number of fused-ring (bicyclic) bond motifs is 1. The topological polar surface area (TPSA) is 44.7 Å². The molecule has 0 bridgehead atoms. The highest BCUT2D eigenvalue weighted by Crippen LogP contribution is 2.38. The number of rotatable bonds is 10. The van der Waals surface area contributed by atoms with Crippen LogP contribution in [0.3, 0.4) is 0 Å². The standard InChI is InChI=1S/C35H46N2O2/c1-26(22-28-11-9-27(10-12-28)8-7-21-37-19-5-3-4-6-20-37)36-35-25-33(39-2)17-18-34(35)31-14-13-30-24-32(38)16-15-29(30)23-31/h9-12,15-18,24-26,31,36,38H,3-8,13-14,19-23H2,1-2H3. The Balaban J connectivity index is 1.18. The molecule has 2 aliphatic rings. The summed E-state index contributed by atoms with van der Waals surface area (Å²) in [6.07, 6.45) is 12.1. The first-order valence-corrected chi connectivity index (χ1v) is 15.1. The molecule has 1 saturated heterocycles. The summed E-state index contributed by atoms with van der Waals surface area (Å²) in [4.78, 5) is 2.67. The van der Waals surface area contributed by atoms with E-state index >= 15 is 0 Å². The second kappa shape index (κ2) is 13.4. The van der Waals surface area contributed by atoms with Crippen molar-refractivity contribution in [3.8, 4) is 11.5 Å². The molecule has 1 heterocycles. The van der Waals surface area contributed by atoms with Crippen LogP contribution < -0.4 is 10.1 Å². The summed E-state index contributed by atoms with van der Waals surface area (Å²) in [6, 6.07) is 21.9. The molecule has 4 nitrogen and oxygen atoms in total. The van der Waals surface area contributed by atoms with Crippen LogP contribution in [0, 0.1) is 0 Å². The third-order valence-corrected chi connectivity index (χ3v) is 8.72. The van der Waals surface area contributed by atoms with Gasteiger partial charge in [0.1, 0.15) is 11.5 Å². The van der Waals surface area contributed by atoms with E-state index < -0.39 is 0 Å². The van der Waals surface area contributed by atoms with E-state index in [2.05, 4.69) is 65.7 Å². The summed E-state index contributed by atoms with van der Waals surface area (Å²) in [5, 5.41) is 13.7. The first-order valence-electron chi connectivity index (χ1n) is 15.1. The van der Waals surface area contributed by atoms with Gasteiger partial charge in [0, 0.05) is 17.8 Å². The number of likely N-dealkylation sites (tertiary alicyclic amines) is 1. The van der Waals surface area contributed by atoms with E-state index in [1.807, 2.05) is 12.1 Å². The lowest BCUT2D eigenvalue weighted by atomic mass is 9.79. The second-order valence-electron chi connectivity index (χ2n) is 11.8. The summed E-state index contributed by atoms with van der Waals surface area (Å²) in [6.45, 7) is 6.09. The van der Waals surface area contributed by atoms with Gasteiger partial charge in [0.25, 0.3) is 0 Å². The van der Waals surface area contributed by atoms with Crippen molar-refractivity contribution in [3.05, 3.63) is 88.5 Å². The van der Waals surface area contributed by atoms with Crippen molar-refractivity contribution in [2.45, 2.75) is 83.1 Å². The Labute approximate surface area is 235 Å². The summed E-state index contributed by atoms with van der Waals surface area (Å²) >= 11 is 0. The van der Waals surface area contributed by atoms with E-state index in [-0.39, 0.29) is 0 Å². The fraction of sp³-hybridized carbons (Fsp3) is 0.486. The molecule has 2 N–H and O–H groups in total. The molecule has 0 saturated carbocycles. The maximum absolute atomic E-state index is 9.88. The molecule has 39 heavy (non-hydrogen) atoms. The van der Waals surface area contributed by atoms with Crippen LogP contribution in [0.25, 0.3) is 0 Å². The number of anilines is 1. The molecule has 5 rings (SSSR count). The molecule has 4 heteroatoms. The Kier molecular flexibility index (Phi) is 9.47. The van der Waals surface area contributed by atoms with Crippen LogP contribution in [-0.2, 0) is 25.7 Å². The number of ether oxygens (including phenoxy) is 1. The molecule has 0 radical (unpaired) electrons. The quantitative estimate of drug-likeness (QED) is 0.287. The minimum Gasteiger partial charge on any atom is -0.508 e. The Morgan fingerprint density at radius 2 is 1.69 bits per heavy atom. The zero-order valence-electron chi connectivity index (χ0n) is 23.9. The van der Waals surface area contributed by atoms with E-state index in [1.165, 1.54) is 91.7 Å². The van der Waals surface area contributed by atoms with Gasteiger partial charge in [0.2, 0.25) is 0 Å². The van der Waals surface area contributed by atoms with E-state index in [0.717, 1.165) is 31.4 Å². The number of methoxy groups -OCH3 is 1. The first kappa shape index (κ1) is 27.6. The summed E-state index contributed by atoms with van der Waals surface area (Å²) in [7, 11) is 1.74. The number of phenols is 1. The molecular formula is C35H46N2O2. The number of nitrogens with zero attached hydrogens (tertiary/aromatic N) is 1. The van der Waals surface area contributed by atoms with E-state index in [1.54, 1.807) is 7.11 Å². The highest BCUT2D eigenvalue weighted by Gasteiger charge is 2.23. The van der Waals surface area contributed by atoms with Crippen LogP contribution in [-0.4, -0.2) is 42.8 Å². The molecule has 0 amide bonds. The van der Waals surface area contributed by atoms with Crippen molar-refractivity contribution < 1.29 is 9.84 Å². The molecule has 0 spiro atoms. The van der Waals surface area contributed by atoms with E-state index in [0.29, 0.717) is 17.7 Å². The minimum absolute atomic E-state index is 0.303. The van der Waals surface area contributed by atoms with Gasteiger partial charge in [-0.2, -0.15) is 0 Å². The number of aromatic hydroxyl groups is 1. The number of hydrogen-bond acceptors (Lipinski definition) is 4. The highest BCUT2D eigenvalue weighted by atomic mass is 16.5. The van der Waals surface area contributed by atoms with Crippen molar-refractivity contribution in [3.63, 3.8) is 0 Å². The molecule has 2 unspecified atom stereocenters. The second-order valence-corrected chi connectivity index (χ2v) is 11.8. The average molecular weight is 527 g/mol. The smallest absolute Gasteiger partial charge is 0.120 e. The number of phenolic OH excluding ortho intramolecular Hbond substituents is 1. The van der Waals surface area contributed by atoms with Gasteiger partial charge in [-0.1, -0.05) is 49.2 Å². The minimum atomic E-state index is 0.303. The number of hydrogen-bond donors (Lipinski definition) is 2. The molecule has 3 aromatic rings. The molecule has 1 aliphatic heterocycles. The van der Waals surface area contributed by atoms with Crippen LogP contribution in [0.2, 0.25) is 0 Å². The normalized spacial score (nSPS) is 18.7. The average Bonchev–Trinajstić information content (AvgIpc) is 3.22. The molecule has 2 atom stereocenters. The summed E-state index contributed by atoms with van der Waals surface area (Å²) in [5.41, 5.74) is 8.01. The number of nitrogens with one attached hydrogen (secondary N) is 1. The van der Waals surface area contributed by atoms with Crippen molar-refractivity contribution in [2.24, 2.45) is 0 Å². The van der Waals surface area contributed by atoms with Gasteiger partial charge in [-0.3, -0.25) is 0 Å². The number of benzene rings is 3. The first-order chi connectivity index (χ1) is 19.1. The van der Waals surface area contributed by atoms with Crippen LogP contribution in [0.5, 0.6) is 11.5 Å². The van der Waals surface area contributed by atoms with Gasteiger partial charge < -0.3 is 20.1 Å². The maximum atomic E-state index is 9.88. The van der Waals surface area contributed by atoms with Crippen molar-refractivity contribution >= 4 is 5.69 Å². The zero-order chi connectivity index (χ0) is 27.0. The van der Waals surface area contributed by atoms with Crippen molar-refractivity contribution in [1.82, 2.24) is 4.90 Å². The van der Waals surface area contributed by atoms with Gasteiger partial charge in [0.05, 0.1) is 7.11 Å². The molecule has 3 aromatic carbocycles. The predicted octanol–water partition coefficient (Wildman–Crippen LogP) is 7.53. The van der Waals surface area contributed by atoms with Gasteiger partial charge in [-0.15, -0.1) is 0 Å². The summed E-state index contributed by atoms with van der Waals surface area (Å²) < 4.78 is 5.59. The van der Waals surface area contributed by atoms with Gasteiger partial charge in [0.15, 0.2) is 0 Å². The Morgan fingerprint density at radius 1 is 0.923 bits per heavy atom. The molecular weight excluding hydrogens is 480 g/mol. The SMILES string of the molecule is COc1ccc(C2CCc3cc(O)ccc3C2)c(NC(C)Cc2ccc(CCCN3CCCCCC3)cc2)c1. The largest absolute Gasteiger partial charge is 0.508 e. The fourth-order valence-corrected chi connectivity index (χ4v) is 6.53. The van der Waals surface area contributed by atoms with Crippen molar-refractivity contribution in [1.29, 1.82) is 0 Å². The maximum Gasteiger partial charge on any atom is 0.120 e. The lowest BCUT2D eigenvalue weighted by molar-refractivity contribution is 0.281. The molecule has 0 aromatic heterocycles. The van der Waals surface area contributed by atoms with Crippen LogP contribution in [0.4, 0.5) is 5.69 Å². The third kappa shape index (κ3) is 7.57. The summed E-state index contributed by atoms with van der Waals surface area (Å²) in [5.74, 6) is 1.71. The van der Waals surface area contributed by atoms with E-state index in [9.17, 15) is 5.11 Å². The highest BCUT2D eigenvalue weighted by molar-refractivity contribution is 5.58. The van der Waals surface area contributed by atoms with Crippen LogP contribution in [0.15, 0.2) is 60.7 Å². The Morgan fingerprint density at radius 3 is 2.46 bits per heavy atom. The lowest BCUT2D eigenvalue weighted by Crippen LogP contribution is -2.26. The van der Waals surface area contributed by atoms with Crippen LogP contribution in [0.1, 0.15) is 79.2 Å². The Bertz CT molecular complexity index is 1200. The van der Waals surface area contributed by atoms with Gasteiger partial charge in [-0.25, -0.2) is 0 Å². The van der Waals surface area contributed by atoms with Gasteiger partial charge >= 0.3 is 0 Å². The molecule has 1 fully saturated rings. The van der Waals surface area contributed by atoms with Crippen LogP contribution >= 0.6 is 0 Å². The fourth-order valence-electron chi connectivity index (χ4n) is 6.53. The lowest BCUT2D eigenvalue weighted by Gasteiger charge is -2.28. The molecule has 1 aliphatic carbocycles. The monoisotopic (exact) mass is 526 g/mol.